The number of unbranched alkanes of at least 4 members (excludes halogenated alkanes) is 1. The van der Waals surface area contributed by atoms with Gasteiger partial charge in [0, 0.05) is 50.9 Å². The molecule has 0 spiro atoms. The van der Waals surface area contributed by atoms with Crippen LogP contribution in [0.3, 0.4) is 0 Å². The topological polar surface area (TPSA) is 83.1 Å². The molecule has 1 saturated heterocycles. The van der Waals surface area contributed by atoms with E-state index in [2.05, 4.69) is 24.5 Å². The molecule has 0 aromatic heterocycles. The highest BCUT2D eigenvalue weighted by Gasteiger charge is 2.43. The molecule has 1 fully saturated rings. The van der Waals surface area contributed by atoms with Crippen molar-refractivity contribution in [2.45, 2.75) is 70.9 Å². The minimum atomic E-state index is -1.39. The molecule has 0 bridgehead atoms. The van der Waals surface area contributed by atoms with Gasteiger partial charge in [0.1, 0.15) is 5.75 Å². The average Bonchev–Trinajstić information content (AvgIpc) is 2.93. The zero-order chi connectivity index (χ0) is 29.1. The fourth-order valence-electron chi connectivity index (χ4n) is 5.76. The number of benzene rings is 2. The zero-order valence-corrected chi connectivity index (χ0v) is 24.8. The van der Waals surface area contributed by atoms with E-state index < -0.39 is 11.4 Å². The molecule has 3 N–H and O–H groups in total. The van der Waals surface area contributed by atoms with Crippen LogP contribution >= 0.6 is 0 Å². The van der Waals surface area contributed by atoms with Crippen molar-refractivity contribution in [2.24, 2.45) is 11.8 Å². The van der Waals surface area contributed by atoms with E-state index in [1.165, 1.54) is 6.07 Å². The molecule has 40 heavy (non-hydrogen) atoms. The molecule has 7 nitrogen and oxygen atoms in total. The van der Waals surface area contributed by atoms with Gasteiger partial charge in [-0.25, -0.2) is 9.18 Å². The summed E-state index contributed by atoms with van der Waals surface area (Å²) in [6.45, 7) is 8.45. The predicted molar refractivity (Wildman–Crippen MR) is 157 cm³/mol. The Hall–Kier alpha value is -2.68. The lowest BCUT2D eigenvalue weighted by molar-refractivity contribution is -0.0578. The van der Waals surface area contributed by atoms with Gasteiger partial charge in [-0.15, -0.1) is 0 Å². The fraction of sp³-hybridized carbons (Fsp3) is 0.594. The Morgan fingerprint density at radius 3 is 2.67 bits per heavy atom. The number of hydrogen-bond acceptors (Lipinski definition) is 5. The van der Waals surface area contributed by atoms with Gasteiger partial charge in [0.15, 0.2) is 11.6 Å². The standard InChI is InChI=1S/C32H48FN3O4/c1-23(2)20-26(21-34-4)35-31(37)36-18-11-13-25(22-36)32(38,17-8-9-19-39-5)27-14-10-15-28(33)30(27)40-29-16-7-6-12-24(29)3/h6-7,10,12,14-16,23,25-26,34,38H,8-9,11,13,17-22H2,1-5H3,(H,35,37). The summed E-state index contributed by atoms with van der Waals surface area (Å²) in [6, 6.07) is 12.1. The quantitative estimate of drug-likeness (QED) is 0.249. The van der Waals surface area contributed by atoms with Crippen LogP contribution in [0.4, 0.5) is 9.18 Å². The molecule has 222 valence electrons. The van der Waals surface area contributed by atoms with Crippen molar-refractivity contribution < 1.29 is 23.8 Å². The molecule has 3 rings (SSSR count). The van der Waals surface area contributed by atoms with E-state index in [4.69, 9.17) is 9.47 Å². The van der Waals surface area contributed by atoms with Crippen LogP contribution in [-0.4, -0.2) is 62.5 Å². The number of carbonyl (C=O) groups is 1. The number of hydrogen-bond donors (Lipinski definition) is 3. The minimum Gasteiger partial charge on any atom is -0.454 e. The lowest BCUT2D eigenvalue weighted by Gasteiger charge is -2.43. The summed E-state index contributed by atoms with van der Waals surface area (Å²) in [4.78, 5) is 15.2. The van der Waals surface area contributed by atoms with Crippen molar-refractivity contribution in [1.29, 1.82) is 0 Å². The molecule has 1 aliphatic rings. The number of piperidine rings is 1. The summed E-state index contributed by atoms with van der Waals surface area (Å²) in [7, 11) is 3.54. The van der Waals surface area contributed by atoms with Crippen molar-refractivity contribution >= 4 is 6.03 Å². The molecular formula is C32H48FN3O4. The lowest BCUT2D eigenvalue weighted by Crippen LogP contribution is -2.54. The molecule has 1 heterocycles. The van der Waals surface area contributed by atoms with Gasteiger partial charge >= 0.3 is 6.03 Å². The first kappa shape index (κ1) is 31.8. The van der Waals surface area contributed by atoms with Crippen LogP contribution in [0.1, 0.15) is 63.5 Å². The Balaban J connectivity index is 1.92. The van der Waals surface area contributed by atoms with E-state index in [1.807, 2.05) is 32.2 Å². The third-order valence-corrected chi connectivity index (χ3v) is 7.81. The van der Waals surface area contributed by atoms with Crippen molar-refractivity contribution in [3.8, 4) is 11.5 Å². The van der Waals surface area contributed by atoms with Crippen LogP contribution < -0.4 is 15.4 Å². The number of carbonyl (C=O) groups excluding carboxylic acids is 1. The number of likely N-dealkylation sites (tertiary alicyclic amines) is 1. The second kappa shape index (κ2) is 15.4. The van der Waals surface area contributed by atoms with Crippen LogP contribution in [0.25, 0.3) is 0 Å². The Morgan fingerprint density at radius 2 is 1.98 bits per heavy atom. The third kappa shape index (κ3) is 8.41. The Labute approximate surface area is 239 Å². The van der Waals surface area contributed by atoms with E-state index in [0.717, 1.165) is 31.2 Å². The number of amides is 2. The molecular weight excluding hydrogens is 509 g/mol. The van der Waals surface area contributed by atoms with Gasteiger partial charge < -0.3 is 30.1 Å². The number of rotatable bonds is 14. The van der Waals surface area contributed by atoms with Crippen molar-refractivity contribution in [3.63, 3.8) is 0 Å². The molecule has 3 unspecified atom stereocenters. The number of para-hydroxylation sites is 2. The number of halogens is 1. The monoisotopic (exact) mass is 557 g/mol. The summed E-state index contributed by atoms with van der Waals surface area (Å²) in [5.41, 5.74) is -0.0959. The van der Waals surface area contributed by atoms with Gasteiger partial charge in [-0.3, -0.25) is 0 Å². The maximum atomic E-state index is 15.4. The summed E-state index contributed by atoms with van der Waals surface area (Å²) in [6.07, 6.45) is 4.20. The Morgan fingerprint density at radius 1 is 1.20 bits per heavy atom. The highest BCUT2D eigenvalue weighted by Crippen LogP contribution is 2.45. The molecule has 1 aliphatic heterocycles. The number of aryl methyl sites for hydroxylation is 1. The van der Waals surface area contributed by atoms with Crippen LogP contribution in [0.5, 0.6) is 11.5 Å². The Bertz CT molecular complexity index is 1080. The van der Waals surface area contributed by atoms with Gasteiger partial charge in [0.25, 0.3) is 0 Å². The van der Waals surface area contributed by atoms with Gasteiger partial charge in [-0.1, -0.05) is 44.2 Å². The average molecular weight is 558 g/mol. The second-order valence-electron chi connectivity index (χ2n) is 11.5. The van der Waals surface area contributed by atoms with E-state index in [9.17, 15) is 9.90 Å². The van der Waals surface area contributed by atoms with Gasteiger partial charge in [-0.2, -0.15) is 0 Å². The molecule has 0 radical (unpaired) electrons. The van der Waals surface area contributed by atoms with Crippen LogP contribution in [0.2, 0.25) is 0 Å². The van der Waals surface area contributed by atoms with Crippen LogP contribution in [0.15, 0.2) is 42.5 Å². The molecule has 0 aliphatic carbocycles. The maximum absolute atomic E-state index is 15.4. The van der Waals surface area contributed by atoms with Gasteiger partial charge in [0.2, 0.25) is 0 Å². The van der Waals surface area contributed by atoms with Crippen molar-refractivity contribution in [2.75, 3.05) is 40.4 Å². The SMILES string of the molecule is CNCC(CC(C)C)NC(=O)N1CCCC(C(O)(CCCCOC)c2cccc(F)c2Oc2ccccc2C)C1. The van der Waals surface area contributed by atoms with E-state index in [-0.39, 0.29) is 23.7 Å². The summed E-state index contributed by atoms with van der Waals surface area (Å²) in [5, 5.41) is 18.9. The first-order valence-electron chi connectivity index (χ1n) is 14.6. The van der Waals surface area contributed by atoms with Crippen molar-refractivity contribution in [3.05, 3.63) is 59.4 Å². The molecule has 0 saturated carbocycles. The number of nitrogens with zero attached hydrogens (tertiary/aromatic N) is 1. The summed E-state index contributed by atoms with van der Waals surface area (Å²) >= 11 is 0. The maximum Gasteiger partial charge on any atom is 0.317 e. The number of methoxy groups -OCH3 is 1. The highest BCUT2D eigenvalue weighted by atomic mass is 19.1. The van der Waals surface area contributed by atoms with E-state index in [1.54, 1.807) is 30.2 Å². The molecule has 2 aromatic rings. The minimum absolute atomic E-state index is 0.0168. The van der Waals surface area contributed by atoms with Gasteiger partial charge in [-0.05, 0) is 76.1 Å². The van der Waals surface area contributed by atoms with Crippen LogP contribution in [0, 0.1) is 24.6 Å². The number of aliphatic hydroxyl groups is 1. The molecule has 3 atom stereocenters. The second-order valence-corrected chi connectivity index (χ2v) is 11.5. The van der Waals surface area contributed by atoms with Gasteiger partial charge in [0.05, 0.1) is 5.60 Å². The summed E-state index contributed by atoms with van der Waals surface area (Å²) < 4.78 is 26.8. The van der Waals surface area contributed by atoms with Crippen molar-refractivity contribution in [1.82, 2.24) is 15.5 Å². The predicted octanol–water partition coefficient (Wildman–Crippen LogP) is 5.99. The van der Waals surface area contributed by atoms with Crippen LogP contribution in [-0.2, 0) is 10.3 Å². The van der Waals surface area contributed by atoms with E-state index >= 15 is 4.39 Å². The number of nitrogens with one attached hydrogen (secondary N) is 2. The highest BCUT2D eigenvalue weighted by molar-refractivity contribution is 5.74. The Kier molecular flexibility index (Phi) is 12.2. The molecule has 2 amide bonds. The zero-order valence-electron chi connectivity index (χ0n) is 24.8. The first-order valence-corrected chi connectivity index (χ1v) is 14.6. The number of likely N-dealkylation sites (N-methyl/N-ethyl adjacent to an activating group) is 1. The number of ether oxygens (including phenoxy) is 2. The molecule has 2 aromatic carbocycles. The fourth-order valence-corrected chi connectivity index (χ4v) is 5.76. The lowest BCUT2D eigenvalue weighted by atomic mass is 9.73. The normalized spacial score (nSPS) is 17.9. The smallest absolute Gasteiger partial charge is 0.317 e. The summed E-state index contributed by atoms with van der Waals surface area (Å²) in [5.74, 6) is 0.220. The number of urea groups is 1. The first-order chi connectivity index (χ1) is 19.2. The molecule has 8 heteroatoms. The largest absolute Gasteiger partial charge is 0.454 e. The van der Waals surface area contributed by atoms with E-state index in [0.29, 0.717) is 56.3 Å². The third-order valence-electron chi connectivity index (χ3n) is 7.81.